The van der Waals surface area contributed by atoms with Gasteiger partial charge in [-0.05, 0) is 65.4 Å². The van der Waals surface area contributed by atoms with Crippen LogP contribution in [0.25, 0.3) is 33.3 Å². The number of carbonyl (C=O) groups excluding carboxylic acids is 1. The second-order valence-electron chi connectivity index (χ2n) is 7.66. The minimum atomic E-state index is -0.0202. The number of hydrogen-bond donors (Lipinski definition) is 2. The summed E-state index contributed by atoms with van der Waals surface area (Å²) in [5, 5.41) is 30.4. The highest BCUT2D eigenvalue weighted by Gasteiger charge is 2.16. The highest BCUT2D eigenvalue weighted by atomic mass is 32.2. The van der Waals surface area contributed by atoms with Crippen molar-refractivity contribution in [2.24, 2.45) is 0 Å². The fourth-order valence-corrected chi connectivity index (χ4v) is 4.26. The summed E-state index contributed by atoms with van der Waals surface area (Å²) in [6.45, 7) is 0. The van der Waals surface area contributed by atoms with E-state index in [1.165, 1.54) is 11.8 Å². The molecule has 0 spiro atoms. The molecule has 0 unspecified atom stereocenters. The number of rotatable bonds is 6. The summed E-state index contributed by atoms with van der Waals surface area (Å²) >= 11 is 1.22. The molecule has 0 amide bonds. The first-order valence-electron chi connectivity index (χ1n) is 10.6. The second-order valence-corrected chi connectivity index (χ2v) is 8.60. The van der Waals surface area contributed by atoms with E-state index in [4.69, 9.17) is 0 Å². The second kappa shape index (κ2) is 9.33. The number of carbonyl (C=O) groups is 1. The van der Waals surface area contributed by atoms with Crippen LogP contribution in [0.3, 0.4) is 0 Å². The van der Waals surface area contributed by atoms with Crippen molar-refractivity contribution in [2.45, 2.75) is 5.16 Å². The molecule has 4 aromatic carbocycles. The van der Waals surface area contributed by atoms with Gasteiger partial charge >= 0.3 is 0 Å². The molecule has 5 rings (SSSR count). The zero-order valence-electron chi connectivity index (χ0n) is 17.9. The predicted molar refractivity (Wildman–Crippen MR) is 133 cm³/mol. The molecule has 1 heterocycles. The number of nitrogens with zero attached hydrogens (tertiary/aromatic N) is 3. The van der Waals surface area contributed by atoms with E-state index in [1.807, 2.05) is 42.5 Å². The highest BCUT2D eigenvalue weighted by molar-refractivity contribution is 7.99. The summed E-state index contributed by atoms with van der Waals surface area (Å²) in [4.78, 5) is 17.5. The largest absolute Gasteiger partial charge is 0.508 e. The van der Waals surface area contributed by atoms with Crippen LogP contribution in [-0.2, 0) is 0 Å². The van der Waals surface area contributed by atoms with Crippen LogP contribution in [0.1, 0.15) is 10.4 Å². The number of benzene rings is 4. The molecule has 2 N–H and O–H groups in total. The standard InChI is InChI=1S/C27H19N3O3S/c31-22-11-7-18(8-12-22)25-26(19-9-13-23(32)14-10-19)29-30-27(28-25)34-16-24(33)21-6-5-17-3-1-2-4-20(17)15-21/h1-15,31-32H,16H2. The number of aromatic hydroxyl groups is 2. The molecule has 0 saturated carbocycles. The van der Waals surface area contributed by atoms with Gasteiger partial charge in [0.2, 0.25) is 5.16 Å². The van der Waals surface area contributed by atoms with E-state index in [2.05, 4.69) is 15.2 Å². The molecule has 34 heavy (non-hydrogen) atoms. The number of phenols is 2. The zero-order valence-corrected chi connectivity index (χ0v) is 18.7. The Kier molecular flexibility index (Phi) is 5.93. The number of ketones is 1. The van der Waals surface area contributed by atoms with E-state index in [-0.39, 0.29) is 23.0 Å². The van der Waals surface area contributed by atoms with Gasteiger partial charge in [0, 0.05) is 16.7 Å². The lowest BCUT2D eigenvalue weighted by atomic mass is 10.0. The van der Waals surface area contributed by atoms with Crippen molar-refractivity contribution in [3.8, 4) is 34.0 Å². The number of phenolic OH excluding ortho intramolecular Hbond substituents is 2. The Bertz CT molecular complexity index is 1490. The maximum absolute atomic E-state index is 12.8. The van der Waals surface area contributed by atoms with Gasteiger partial charge in [-0.2, -0.15) is 0 Å². The average Bonchev–Trinajstić information content (AvgIpc) is 2.88. The molecule has 0 fully saturated rings. The van der Waals surface area contributed by atoms with E-state index in [1.54, 1.807) is 48.5 Å². The topological polar surface area (TPSA) is 96.2 Å². The fraction of sp³-hybridized carbons (Fsp3) is 0.0370. The van der Waals surface area contributed by atoms with E-state index in [0.717, 1.165) is 21.9 Å². The smallest absolute Gasteiger partial charge is 0.210 e. The highest BCUT2D eigenvalue weighted by Crippen LogP contribution is 2.31. The predicted octanol–water partition coefficient (Wildman–Crippen LogP) is 5.75. The number of hydrogen-bond acceptors (Lipinski definition) is 7. The normalized spacial score (nSPS) is 10.9. The van der Waals surface area contributed by atoms with Crippen LogP contribution in [0.15, 0.2) is 96.2 Å². The van der Waals surface area contributed by atoms with Crippen LogP contribution < -0.4 is 0 Å². The Hall–Kier alpha value is -4.23. The number of Topliss-reactive ketones (excluding diaryl/α,β-unsaturated/α-hetero) is 1. The molecule has 0 atom stereocenters. The number of fused-ring (bicyclic) bond motifs is 1. The first-order chi connectivity index (χ1) is 16.6. The van der Waals surface area contributed by atoms with Gasteiger partial charge in [0.05, 0.1) is 5.75 Å². The zero-order chi connectivity index (χ0) is 23.5. The summed E-state index contributed by atoms with van der Waals surface area (Å²) in [5.74, 6) is 0.448. The molecule has 7 heteroatoms. The van der Waals surface area contributed by atoms with E-state index >= 15 is 0 Å². The minimum Gasteiger partial charge on any atom is -0.508 e. The Morgan fingerprint density at radius 2 is 1.32 bits per heavy atom. The Labute approximate surface area is 200 Å². The number of thioether (sulfide) groups is 1. The van der Waals surface area contributed by atoms with Crippen molar-refractivity contribution in [3.63, 3.8) is 0 Å². The van der Waals surface area contributed by atoms with Gasteiger partial charge in [-0.3, -0.25) is 4.79 Å². The lowest BCUT2D eigenvalue weighted by Crippen LogP contribution is -2.05. The van der Waals surface area contributed by atoms with Gasteiger partial charge in [-0.15, -0.1) is 10.2 Å². The monoisotopic (exact) mass is 465 g/mol. The van der Waals surface area contributed by atoms with Gasteiger partial charge in [0.25, 0.3) is 0 Å². The van der Waals surface area contributed by atoms with E-state index in [9.17, 15) is 15.0 Å². The van der Waals surface area contributed by atoms with E-state index < -0.39 is 0 Å². The third-order valence-corrected chi connectivity index (χ3v) is 6.19. The Morgan fingerprint density at radius 3 is 2.00 bits per heavy atom. The molecular weight excluding hydrogens is 446 g/mol. The third kappa shape index (κ3) is 4.60. The lowest BCUT2D eigenvalue weighted by Gasteiger charge is -2.10. The van der Waals surface area contributed by atoms with Gasteiger partial charge in [0.15, 0.2) is 5.78 Å². The van der Waals surface area contributed by atoms with Gasteiger partial charge in [-0.1, -0.05) is 48.2 Å². The molecule has 0 bridgehead atoms. The molecule has 5 aromatic rings. The fourth-order valence-electron chi connectivity index (χ4n) is 3.58. The summed E-state index contributed by atoms with van der Waals surface area (Å²) in [7, 11) is 0. The molecule has 0 aliphatic heterocycles. The van der Waals surface area contributed by atoms with Crippen LogP contribution in [0.4, 0.5) is 0 Å². The van der Waals surface area contributed by atoms with Crippen molar-refractivity contribution in [3.05, 3.63) is 96.6 Å². The average molecular weight is 466 g/mol. The Morgan fingerprint density at radius 1 is 0.706 bits per heavy atom. The summed E-state index contributed by atoms with van der Waals surface area (Å²) in [6, 6.07) is 26.9. The molecule has 0 aliphatic rings. The summed E-state index contributed by atoms with van der Waals surface area (Å²) < 4.78 is 0. The molecule has 0 radical (unpaired) electrons. The van der Waals surface area contributed by atoms with Crippen LogP contribution in [0.5, 0.6) is 11.5 Å². The van der Waals surface area contributed by atoms with Gasteiger partial charge < -0.3 is 10.2 Å². The van der Waals surface area contributed by atoms with E-state index in [0.29, 0.717) is 22.1 Å². The van der Waals surface area contributed by atoms with Crippen LogP contribution in [0, 0.1) is 0 Å². The van der Waals surface area contributed by atoms with Crippen LogP contribution >= 0.6 is 11.8 Å². The van der Waals surface area contributed by atoms with Gasteiger partial charge in [-0.25, -0.2) is 4.98 Å². The first-order valence-corrected chi connectivity index (χ1v) is 11.5. The van der Waals surface area contributed by atoms with Crippen molar-refractivity contribution < 1.29 is 15.0 Å². The molecular formula is C27H19N3O3S. The summed E-state index contributed by atoms with van der Waals surface area (Å²) in [6.07, 6.45) is 0. The van der Waals surface area contributed by atoms with Crippen LogP contribution in [0.2, 0.25) is 0 Å². The molecule has 166 valence electrons. The molecule has 0 saturated heterocycles. The third-order valence-electron chi connectivity index (χ3n) is 5.35. The van der Waals surface area contributed by atoms with Crippen molar-refractivity contribution in [1.82, 2.24) is 15.2 Å². The summed E-state index contributed by atoms with van der Waals surface area (Å²) in [5.41, 5.74) is 3.24. The maximum Gasteiger partial charge on any atom is 0.210 e. The number of aromatic nitrogens is 3. The van der Waals surface area contributed by atoms with Crippen molar-refractivity contribution in [2.75, 3.05) is 5.75 Å². The lowest BCUT2D eigenvalue weighted by molar-refractivity contribution is 0.102. The molecule has 6 nitrogen and oxygen atoms in total. The first kappa shape index (κ1) is 21.6. The quantitative estimate of drug-likeness (QED) is 0.244. The van der Waals surface area contributed by atoms with Gasteiger partial charge in [0.1, 0.15) is 22.9 Å². The Balaban J connectivity index is 1.43. The molecule has 1 aromatic heterocycles. The SMILES string of the molecule is O=C(CSc1nnc(-c2ccc(O)cc2)c(-c2ccc(O)cc2)n1)c1ccc2ccccc2c1. The van der Waals surface area contributed by atoms with Crippen molar-refractivity contribution >= 4 is 28.3 Å². The van der Waals surface area contributed by atoms with Crippen molar-refractivity contribution in [1.29, 1.82) is 0 Å². The molecule has 0 aliphatic carbocycles. The maximum atomic E-state index is 12.8. The van der Waals surface area contributed by atoms with Crippen LogP contribution in [-0.4, -0.2) is 36.9 Å². The minimum absolute atomic E-state index is 0.0202.